The molecule has 0 N–H and O–H groups in total. The zero-order valence-electron chi connectivity index (χ0n) is 8.20. The first-order valence-electron chi connectivity index (χ1n) is 4.14. The van der Waals surface area contributed by atoms with Crippen LogP contribution >= 0.6 is 12.6 Å². The molecule has 16 heavy (non-hydrogen) atoms. The van der Waals surface area contributed by atoms with Gasteiger partial charge in [0.25, 0.3) is 6.43 Å². The van der Waals surface area contributed by atoms with E-state index >= 15 is 0 Å². The maximum atomic E-state index is 12.7. The number of hydrogen-bond donors (Lipinski definition) is 1. The third-order valence-electron chi connectivity index (χ3n) is 1.91. The molecule has 0 aromatic heterocycles. The summed E-state index contributed by atoms with van der Waals surface area (Å²) in [6, 6.07) is 3.99. The Kier molecular flexibility index (Phi) is 3.85. The molecule has 1 aromatic rings. The fourth-order valence-corrected chi connectivity index (χ4v) is 1.57. The van der Waals surface area contributed by atoms with E-state index in [2.05, 4.69) is 17.4 Å². The maximum Gasteiger partial charge on any atom is 0.338 e. The zero-order chi connectivity index (χ0) is 12.3. The second kappa shape index (κ2) is 4.94. The molecule has 0 aliphatic heterocycles. The summed E-state index contributed by atoms with van der Waals surface area (Å²) in [4.78, 5) is 11.2. The SMILES string of the molecule is COC(=O)c1cc(C#N)cc(S)c1C(F)F. The molecule has 0 radical (unpaired) electrons. The van der Waals surface area contributed by atoms with E-state index in [1.807, 2.05) is 0 Å². The van der Waals surface area contributed by atoms with Crippen molar-refractivity contribution in [2.45, 2.75) is 11.3 Å². The normalized spacial score (nSPS) is 10.0. The second-order valence-corrected chi connectivity index (χ2v) is 3.34. The van der Waals surface area contributed by atoms with E-state index in [0.29, 0.717) is 0 Å². The van der Waals surface area contributed by atoms with Gasteiger partial charge in [-0.05, 0) is 12.1 Å². The Labute approximate surface area is 96.0 Å². The van der Waals surface area contributed by atoms with Crippen LogP contribution in [0.1, 0.15) is 27.9 Å². The topological polar surface area (TPSA) is 50.1 Å². The Bertz CT molecular complexity index is 469. The third-order valence-corrected chi connectivity index (χ3v) is 2.28. The van der Waals surface area contributed by atoms with Crippen molar-refractivity contribution >= 4 is 18.6 Å². The van der Waals surface area contributed by atoms with Crippen LogP contribution in [0.25, 0.3) is 0 Å². The van der Waals surface area contributed by atoms with Gasteiger partial charge in [0.05, 0.1) is 24.3 Å². The van der Waals surface area contributed by atoms with Gasteiger partial charge in [-0.15, -0.1) is 12.6 Å². The van der Waals surface area contributed by atoms with Crippen molar-refractivity contribution in [1.29, 1.82) is 5.26 Å². The van der Waals surface area contributed by atoms with Gasteiger partial charge >= 0.3 is 5.97 Å². The molecular formula is C10H7F2NO2S. The molecule has 1 aromatic carbocycles. The molecule has 0 aliphatic rings. The number of alkyl halides is 2. The Morgan fingerprint density at radius 1 is 1.56 bits per heavy atom. The Balaban J connectivity index is 3.48. The molecular weight excluding hydrogens is 236 g/mol. The molecule has 3 nitrogen and oxygen atoms in total. The lowest BCUT2D eigenvalue weighted by atomic mass is 10.0. The van der Waals surface area contributed by atoms with Crippen molar-refractivity contribution in [3.05, 3.63) is 28.8 Å². The number of hydrogen-bond acceptors (Lipinski definition) is 4. The molecule has 84 valence electrons. The molecule has 0 saturated carbocycles. The number of ether oxygens (including phenoxy) is 1. The molecule has 0 heterocycles. The van der Waals surface area contributed by atoms with Gasteiger partial charge in [0.1, 0.15) is 0 Å². The maximum absolute atomic E-state index is 12.7. The van der Waals surface area contributed by atoms with Crippen LogP contribution in [0.3, 0.4) is 0 Å². The van der Waals surface area contributed by atoms with Crippen LogP contribution in [0, 0.1) is 11.3 Å². The first kappa shape index (κ1) is 12.5. The largest absolute Gasteiger partial charge is 0.465 e. The first-order chi connectivity index (χ1) is 7.51. The zero-order valence-corrected chi connectivity index (χ0v) is 9.09. The van der Waals surface area contributed by atoms with Gasteiger partial charge in [-0.1, -0.05) is 0 Å². The van der Waals surface area contributed by atoms with Crippen LogP contribution in [-0.4, -0.2) is 13.1 Å². The molecule has 0 amide bonds. The van der Waals surface area contributed by atoms with Gasteiger partial charge in [0, 0.05) is 10.5 Å². The molecule has 6 heteroatoms. The number of methoxy groups -OCH3 is 1. The number of thiol groups is 1. The van der Waals surface area contributed by atoms with Crippen molar-refractivity contribution in [1.82, 2.24) is 0 Å². The summed E-state index contributed by atoms with van der Waals surface area (Å²) in [5.41, 5.74) is -0.773. The summed E-state index contributed by atoms with van der Waals surface area (Å²) < 4.78 is 29.7. The van der Waals surface area contributed by atoms with Gasteiger partial charge in [0.15, 0.2) is 0 Å². The minimum Gasteiger partial charge on any atom is -0.465 e. The summed E-state index contributed by atoms with van der Waals surface area (Å²) in [7, 11) is 1.08. The van der Waals surface area contributed by atoms with Crippen LogP contribution in [-0.2, 0) is 4.74 Å². The lowest BCUT2D eigenvalue weighted by molar-refractivity contribution is 0.0588. The number of benzene rings is 1. The van der Waals surface area contributed by atoms with Gasteiger partial charge in [-0.3, -0.25) is 0 Å². The fourth-order valence-electron chi connectivity index (χ4n) is 1.21. The molecule has 0 aliphatic carbocycles. The Morgan fingerprint density at radius 2 is 2.19 bits per heavy atom. The summed E-state index contributed by atoms with van der Waals surface area (Å²) in [6.07, 6.45) is -2.85. The highest BCUT2D eigenvalue weighted by Gasteiger charge is 2.22. The van der Waals surface area contributed by atoms with Crippen molar-refractivity contribution in [3.63, 3.8) is 0 Å². The van der Waals surface area contributed by atoms with Gasteiger partial charge in [-0.25, -0.2) is 13.6 Å². The number of carbonyl (C=O) groups excluding carboxylic acids is 1. The molecule has 0 atom stereocenters. The average molecular weight is 243 g/mol. The van der Waals surface area contributed by atoms with Crippen LogP contribution in [0.4, 0.5) is 8.78 Å². The van der Waals surface area contributed by atoms with Crippen LogP contribution < -0.4 is 0 Å². The molecule has 0 saturated heterocycles. The highest BCUT2D eigenvalue weighted by Crippen LogP contribution is 2.30. The smallest absolute Gasteiger partial charge is 0.338 e. The molecule has 1 rings (SSSR count). The van der Waals surface area contributed by atoms with E-state index in [9.17, 15) is 13.6 Å². The minimum absolute atomic E-state index is 0.0785. The summed E-state index contributed by atoms with van der Waals surface area (Å²) >= 11 is 3.83. The van der Waals surface area contributed by atoms with E-state index in [0.717, 1.165) is 13.2 Å². The predicted molar refractivity (Wildman–Crippen MR) is 54.7 cm³/mol. The lowest BCUT2D eigenvalue weighted by Gasteiger charge is -2.10. The molecule has 0 spiro atoms. The number of carbonyl (C=O) groups is 1. The number of rotatable bonds is 2. The van der Waals surface area contributed by atoms with Crippen molar-refractivity contribution in [2.75, 3.05) is 7.11 Å². The molecule has 0 bridgehead atoms. The number of nitrogens with zero attached hydrogens (tertiary/aromatic N) is 1. The number of halogens is 2. The van der Waals surface area contributed by atoms with E-state index in [-0.39, 0.29) is 16.0 Å². The van der Waals surface area contributed by atoms with Crippen LogP contribution in [0.2, 0.25) is 0 Å². The van der Waals surface area contributed by atoms with Crippen molar-refractivity contribution < 1.29 is 18.3 Å². The van der Waals surface area contributed by atoms with E-state index in [1.165, 1.54) is 6.07 Å². The van der Waals surface area contributed by atoms with Crippen molar-refractivity contribution in [2.24, 2.45) is 0 Å². The quantitative estimate of drug-likeness (QED) is 0.641. The summed E-state index contributed by atoms with van der Waals surface area (Å²) in [5, 5.41) is 8.65. The Hall–Kier alpha value is -1.61. The van der Waals surface area contributed by atoms with Gasteiger partial charge < -0.3 is 4.74 Å². The summed E-state index contributed by atoms with van der Waals surface area (Å²) in [5.74, 6) is -0.914. The predicted octanol–water partition coefficient (Wildman–Crippen LogP) is 2.57. The highest BCUT2D eigenvalue weighted by molar-refractivity contribution is 7.80. The average Bonchev–Trinajstić information content (AvgIpc) is 2.26. The summed E-state index contributed by atoms with van der Waals surface area (Å²) in [6.45, 7) is 0. The van der Waals surface area contributed by atoms with E-state index < -0.39 is 18.0 Å². The monoisotopic (exact) mass is 243 g/mol. The van der Waals surface area contributed by atoms with E-state index in [4.69, 9.17) is 5.26 Å². The second-order valence-electron chi connectivity index (χ2n) is 2.86. The Morgan fingerprint density at radius 3 is 2.62 bits per heavy atom. The van der Waals surface area contributed by atoms with Crippen LogP contribution in [0.15, 0.2) is 17.0 Å². The van der Waals surface area contributed by atoms with E-state index in [1.54, 1.807) is 6.07 Å². The first-order valence-corrected chi connectivity index (χ1v) is 4.59. The number of esters is 1. The van der Waals surface area contributed by atoms with Gasteiger partial charge in [-0.2, -0.15) is 5.26 Å². The third kappa shape index (κ3) is 2.31. The standard InChI is InChI=1S/C10H7F2NO2S/c1-15-10(14)6-2-5(4-13)3-7(16)8(6)9(11)12/h2-3,9,16H,1H3. The number of nitriles is 1. The van der Waals surface area contributed by atoms with Crippen molar-refractivity contribution in [3.8, 4) is 6.07 Å². The molecule has 0 fully saturated rings. The highest BCUT2D eigenvalue weighted by atomic mass is 32.1. The van der Waals surface area contributed by atoms with Gasteiger partial charge in [0.2, 0.25) is 0 Å². The minimum atomic E-state index is -2.85. The fraction of sp³-hybridized carbons (Fsp3) is 0.200. The molecule has 0 unspecified atom stereocenters. The lowest BCUT2D eigenvalue weighted by Crippen LogP contribution is -2.07. The van der Waals surface area contributed by atoms with Crippen LogP contribution in [0.5, 0.6) is 0 Å².